The number of alkyl halides is 1. The van der Waals surface area contributed by atoms with Crippen molar-refractivity contribution in [1.29, 1.82) is 0 Å². The summed E-state index contributed by atoms with van der Waals surface area (Å²) in [6.45, 7) is 1.22. The average Bonchev–Trinajstić information content (AvgIpc) is 3.14. The van der Waals surface area contributed by atoms with Crippen molar-refractivity contribution in [1.82, 2.24) is 4.98 Å². The molecule has 0 aliphatic heterocycles. The fourth-order valence-corrected chi connectivity index (χ4v) is 2.97. The second-order valence-electron chi connectivity index (χ2n) is 4.58. The lowest BCUT2D eigenvalue weighted by Crippen LogP contribution is -2.27. The first-order valence-corrected chi connectivity index (χ1v) is 7.05. The molecule has 0 unspecified atom stereocenters. The number of nitrogens with zero attached hydrogens (tertiary/aromatic N) is 2. The van der Waals surface area contributed by atoms with Gasteiger partial charge in [0.05, 0.1) is 11.6 Å². The third-order valence-electron chi connectivity index (χ3n) is 3.06. The molecule has 0 amide bonds. The molecule has 2 fully saturated rings. The van der Waals surface area contributed by atoms with Crippen molar-refractivity contribution in [3.63, 3.8) is 0 Å². The Labute approximate surface area is 99.3 Å². The second-order valence-corrected chi connectivity index (χ2v) is 5.69. The van der Waals surface area contributed by atoms with Crippen LogP contribution in [-0.4, -0.2) is 17.6 Å². The molecule has 0 N–H and O–H groups in total. The van der Waals surface area contributed by atoms with Crippen LogP contribution in [0.4, 0.5) is 5.13 Å². The van der Waals surface area contributed by atoms with E-state index in [0.29, 0.717) is 5.88 Å². The van der Waals surface area contributed by atoms with Crippen molar-refractivity contribution in [3.8, 4) is 0 Å². The molecule has 1 aromatic rings. The van der Waals surface area contributed by atoms with E-state index in [2.05, 4.69) is 15.3 Å². The van der Waals surface area contributed by atoms with Crippen molar-refractivity contribution >= 4 is 28.1 Å². The highest BCUT2D eigenvalue weighted by atomic mass is 35.5. The van der Waals surface area contributed by atoms with E-state index >= 15 is 0 Å². The van der Waals surface area contributed by atoms with Gasteiger partial charge in [0.15, 0.2) is 5.13 Å². The molecule has 2 saturated carbocycles. The molecule has 82 valence electrons. The Morgan fingerprint density at radius 3 is 2.73 bits per heavy atom. The maximum atomic E-state index is 5.78. The van der Waals surface area contributed by atoms with Crippen molar-refractivity contribution in [2.75, 3.05) is 11.4 Å². The number of hydrogen-bond donors (Lipinski definition) is 0. The Bertz CT molecular complexity index is 344. The molecule has 3 rings (SSSR count). The van der Waals surface area contributed by atoms with Crippen LogP contribution in [0.2, 0.25) is 0 Å². The fraction of sp³-hybridized carbons (Fsp3) is 0.727. The van der Waals surface area contributed by atoms with Crippen LogP contribution in [0.1, 0.15) is 31.4 Å². The van der Waals surface area contributed by atoms with Gasteiger partial charge in [0.25, 0.3) is 0 Å². The molecular weight excluding hydrogens is 228 g/mol. The topological polar surface area (TPSA) is 16.1 Å². The molecule has 1 aromatic heterocycles. The first-order chi connectivity index (χ1) is 7.36. The summed E-state index contributed by atoms with van der Waals surface area (Å²) < 4.78 is 0. The first-order valence-electron chi connectivity index (χ1n) is 5.64. The van der Waals surface area contributed by atoms with Gasteiger partial charge in [-0.2, -0.15) is 0 Å². The standard InChI is InChI=1S/C11H15ClN2S/c12-5-9-7-15-11(13-9)14(10-3-4-10)6-8-1-2-8/h7-8,10H,1-6H2. The summed E-state index contributed by atoms with van der Waals surface area (Å²) in [6.07, 6.45) is 5.53. The third kappa shape index (κ3) is 2.28. The number of hydrogen-bond acceptors (Lipinski definition) is 3. The van der Waals surface area contributed by atoms with E-state index in [9.17, 15) is 0 Å². The first kappa shape index (κ1) is 9.91. The molecule has 2 aliphatic carbocycles. The summed E-state index contributed by atoms with van der Waals surface area (Å²) in [5, 5.41) is 3.28. The quantitative estimate of drug-likeness (QED) is 0.737. The Morgan fingerprint density at radius 1 is 1.40 bits per heavy atom. The second kappa shape index (κ2) is 3.95. The van der Waals surface area contributed by atoms with E-state index in [1.54, 1.807) is 11.3 Å². The summed E-state index contributed by atoms with van der Waals surface area (Å²) in [5.74, 6) is 1.48. The van der Waals surface area contributed by atoms with Gasteiger partial charge in [-0.05, 0) is 31.6 Å². The Kier molecular flexibility index (Phi) is 2.61. The van der Waals surface area contributed by atoms with E-state index in [1.165, 1.54) is 37.4 Å². The molecule has 0 aromatic carbocycles. The van der Waals surface area contributed by atoms with Crippen LogP contribution >= 0.6 is 22.9 Å². The number of rotatable bonds is 5. The molecule has 0 spiro atoms. The molecule has 0 atom stereocenters. The predicted molar refractivity (Wildman–Crippen MR) is 64.8 cm³/mol. The number of aromatic nitrogens is 1. The summed E-state index contributed by atoms with van der Waals surface area (Å²) >= 11 is 7.53. The third-order valence-corrected chi connectivity index (χ3v) is 4.26. The molecule has 0 bridgehead atoms. The molecule has 2 aliphatic rings. The molecule has 0 saturated heterocycles. The summed E-state index contributed by atoms with van der Waals surface area (Å²) in [4.78, 5) is 7.10. The van der Waals surface area contributed by atoms with Crippen LogP contribution in [-0.2, 0) is 5.88 Å². The summed E-state index contributed by atoms with van der Waals surface area (Å²) in [7, 11) is 0. The van der Waals surface area contributed by atoms with Crippen molar-refractivity contribution in [3.05, 3.63) is 11.1 Å². The van der Waals surface area contributed by atoms with E-state index < -0.39 is 0 Å². The minimum absolute atomic E-state index is 0.540. The van der Waals surface area contributed by atoms with E-state index in [0.717, 1.165) is 17.7 Å². The van der Waals surface area contributed by atoms with Crippen molar-refractivity contribution in [2.45, 2.75) is 37.6 Å². The monoisotopic (exact) mass is 242 g/mol. The Morgan fingerprint density at radius 2 is 2.20 bits per heavy atom. The van der Waals surface area contributed by atoms with Gasteiger partial charge in [-0.25, -0.2) is 4.98 Å². The van der Waals surface area contributed by atoms with Crippen LogP contribution in [0.3, 0.4) is 0 Å². The molecule has 0 radical (unpaired) electrons. The number of thiazole rings is 1. The lowest BCUT2D eigenvalue weighted by atomic mass is 10.4. The zero-order valence-corrected chi connectivity index (χ0v) is 10.2. The molecule has 1 heterocycles. The van der Waals surface area contributed by atoms with Gasteiger partial charge in [0, 0.05) is 18.0 Å². The molecule has 2 nitrogen and oxygen atoms in total. The van der Waals surface area contributed by atoms with Crippen LogP contribution in [0.25, 0.3) is 0 Å². The Balaban J connectivity index is 1.74. The summed E-state index contributed by atoms with van der Waals surface area (Å²) in [6, 6.07) is 0.778. The minimum Gasteiger partial charge on any atom is -0.345 e. The van der Waals surface area contributed by atoms with Crippen molar-refractivity contribution in [2.24, 2.45) is 5.92 Å². The van der Waals surface area contributed by atoms with E-state index in [4.69, 9.17) is 11.6 Å². The van der Waals surface area contributed by atoms with Gasteiger partial charge >= 0.3 is 0 Å². The van der Waals surface area contributed by atoms with Gasteiger partial charge in [-0.3, -0.25) is 0 Å². The number of halogens is 1. The smallest absolute Gasteiger partial charge is 0.185 e. The highest BCUT2D eigenvalue weighted by Gasteiger charge is 2.35. The lowest BCUT2D eigenvalue weighted by Gasteiger charge is -2.20. The van der Waals surface area contributed by atoms with Crippen LogP contribution < -0.4 is 4.90 Å². The van der Waals surface area contributed by atoms with Gasteiger partial charge in [0.2, 0.25) is 0 Å². The zero-order chi connectivity index (χ0) is 10.3. The van der Waals surface area contributed by atoms with Crippen LogP contribution in [0, 0.1) is 5.92 Å². The fourth-order valence-electron chi connectivity index (χ4n) is 1.84. The normalized spacial score (nSPS) is 20.6. The van der Waals surface area contributed by atoms with E-state index in [-0.39, 0.29) is 0 Å². The van der Waals surface area contributed by atoms with Gasteiger partial charge in [0.1, 0.15) is 0 Å². The molecular formula is C11H15ClN2S. The highest BCUT2D eigenvalue weighted by Crippen LogP contribution is 2.38. The van der Waals surface area contributed by atoms with Crippen LogP contribution in [0.15, 0.2) is 5.38 Å². The molecule has 4 heteroatoms. The summed E-state index contributed by atoms with van der Waals surface area (Å²) in [5.41, 5.74) is 1.03. The van der Waals surface area contributed by atoms with Gasteiger partial charge < -0.3 is 4.90 Å². The largest absolute Gasteiger partial charge is 0.345 e. The maximum absolute atomic E-state index is 5.78. The van der Waals surface area contributed by atoms with E-state index in [1.807, 2.05) is 0 Å². The zero-order valence-electron chi connectivity index (χ0n) is 8.66. The number of anilines is 1. The van der Waals surface area contributed by atoms with Gasteiger partial charge in [-0.1, -0.05) is 0 Å². The van der Waals surface area contributed by atoms with Gasteiger partial charge in [-0.15, -0.1) is 22.9 Å². The SMILES string of the molecule is ClCc1csc(N(CC2CC2)C2CC2)n1. The van der Waals surface area contributed by atoms with Crippen molar-refractivity contribution < 1.29 is 0 Å². The Hall–Kier alpha value is -0.280. The predicted octanol–water partition coefficient (Wildman–Crippen LogP) is 3.26. The average molecular weight is 243 g/mol. The van der Waals surface area contributed by atoms with Crippen LogP contribution in [0.5, 0.6) is 0 Å². The highest BCUT2D eigenvalue weighted by molar-refractivity contribution is 7.13. The maximum Gasteiger partial charge on any atom is 0.185 e. The molecule has 15 heavy (non-hydrogen) atoms. The lowest BCUT2D eigenvalue weighted by molar-refractivity contribution is 0.715. The minimum atomic E-state index is 0.540.